The number of aromatic nitrogens is 2. The molecule has 0 saturated carbocycles. The van der Waals surface area contributed by atoms with Gasteiger partial charge in [-0.3, -0.25) is 0 Å². The summed E-state index contributed by atoms with van der Waals surface area (Å²) in [7, 11) is 0. The van der Waals surface area contributed by atoms with E-state index in [9.17, 15) is 0 Å². The summed E-state index contributed by atoms with van der Waals surface area (Å²) in [6.45, 7) is 2.53. The summed E-state index contributed by atoms with van der Waals surface area (Å²) in [5.74, 6) is 3.66. The van der Waals surface area contributed by atoms with Crippen LogP contribution in [0.2, 0.25) is 0 Å². The van der Waals surface area contributed by atoms with Gasteiger partial charge in [-0.1, -0.05) is 6.92 Å². The van der Waals surface area contributed by atoms with E-state index < -0.39 is 0 Å². The lowest BCUT2D eigenvalue weighted by Gasteiger charge is -2.29. The largest absolute Gasteiger partial charge is 0.423 e. The first kappa shape index (κ1) is 9.98. The molecule has 4 nitrogen and oxygen atoms in total. The van der Waals surface area contributed by atoms with E-state index >= 15 is 0 Å². The lowest BCUT2D eigenvalue weighted by Crippen LogP contribution is -2.27. The molecule has 0 bridgehead atoms. The Bertz CT molecular complexity index is 307. The smallest absolute Gasteiger partial charge is 0.230 e. The van der Waals surface area contributed by atoms with Crippen LogP contribution in [0, 0.1) is 0 Å². The van der Waals surface area contributed by atoms with Crippen LogP contribution in [-0.2, 0) is 12.0 Å². The van der Waals surface area contributed by atoms with E-state index in [0.717, 1.165) is 18.7 Å². The first-order valence-corrected chi connectivity index (χ1v) is 6.01. The van der Waals surface area contributed by atoms with Crippen LogP contribution < -0.4 is 5.73 Å². The average Bonchev–Trinajstić information content (AvgIpc) is 2.67. The van der Waals surface area contributed by atoms with Crippen LogP contribution in [-0.4, -0.2) is 21.7 Å². The fraction of sp³-hybridized carbons (Fsp3) is 0.778. The van der Waals surface area contributed by atoms with Gasteiger partial charge >= 0.3 is 0 Å². The molecular weight excluding hydrogens is 198 g/mol. The van der Waals surface area contributed by atoms with Gasteiger partial charge in [-0.25, -0.2) is 0 Å². The average molecular weight is 213 g/mol. The molecule has 78 valence electrons. The first-order valence-electron chi connectivity index (χ1n) is 4.85. The Morgan fingerprint density at radius 1 is 1.43 bits per heavy atom. The third-order valence-corrected chi connectivity index (χ3v) is 3.74. The van der Waals surface area contributed by atoms with Gasteiger partial charge in [0.25, 0.3) is 0 Å². The second kappa shape index (κ2) is 3.90. The first-order chi connectivity index (χ1) is 6.74. The molecule has 2 N–H and O–H groups in total. The topological polar surface area (TPSA) is 64.9 Å². The summed E-state index contributed by atoms with van der Waals surface area (Å²) < 4.78 is 5.52. The normalized spacial score (nSPS) is 21.0. The van der Waals surface area contributed by atoms with E-state index in [4.69, 9.17) is 10.2 Å². The maximum atomic E-state index is 5.52. The Hall–Kier alpha value is -0.550. The Balaban J connectivity index is 2.19. The Morgan fingerprint density at radius 3 is 2.71 bits per heavy atom. The summed E-state index contributed by atoms with van der Waals surface area (Å²) in [4.78, 5) is 0. The van der Waals surface area contributed by atoms with Gasteiger partial charge in [-0.2, -0.15) is 11.8 Å². The number of nitrogens with two attached hydrogens (primary N) is 1. The van der Waals surface area contributed by atoms with Crippen molar-refractivity contribution in [3.8, 4) is 0 Å². The number of thioether (sulfide) groups is 1. The van der Waals surface area contributed by atoms with Crippen LogP contribution in [0.25, 0.3) is 0 Å². The summed E-state index contributed by atoms with van der Waals surface area (Å²) in [5.41, 5.74) is 5.51. The molecule has 2 rings (SSSR count). The van der Waals surface area contributed by atoms with Gasteiger partial charge in [0.05, 0.1) is 6.54 Å². The van der Waals surface area contributed by atoms with Crippen LogP contribution in [0.15, 0.2) is 4.42 Å². The van der Waals surface area contributed by atoms with Gasteiger partial charge in [0, 0.05) is 5.41 Å². The monoisotopic (exact) mass is 213 g/mol. The third-order valence-electron chi connectivity index (χ3n) is 2.75. The number of hydrogen-bond acceptors (Lipinski definition) is 5. The molecule has 0 radical (unpaired) electrons. The highest BCUT2D eigenvalue weighted by Gasteiger charge is 2.34. The zero-order valence-corrected chi connectivity index (χ0v) is 9.14. The standard InChI is InChI=1S/C9H15N3OS/c1-9(2-4-14-5-3-9)8-12-11-7(6-10)13-8/h2-6,10H2,1H3. The highest BCUT2D eigenvalue weighted by atomic mass is 32.2. The van der Waals surface area contributed by atoms with Crippen molar-refractivity contribution in [3.05, 3.63) is 11.8 Å². The van der Waals surface area contributed by atoms with E-state index in [-0.39, 0.29) is 5.41 Å². The summed E-state index contributed by atoms with van der Waals surface area (Å²) in [6.07, 6.45) is 2.23. The minimum Gasteiger partial charge on any atom is -0.423 e. The Morgan fingerprint density at radius 2 is 2.14 bits per heavy atom. The predicted molar refractivity (Wildman–Crippen MR) is 56.1 cm³/mol. The molecule has 14 heavy (non-hydrogen) atoms. The van der Waals surface area contributed by atoms with Crippen molar-refractivity contribution in [3.63, 3.8) is 0 Å². The molecule has 0 aliphatic carbocycles. The molecule has 2 heterocycles. The quantitative estimate of drug-likeness (QED) is 0.802. The molecular formula is C9H15N3OS. The van der Waals surface area contributed by atoms with E-state index in [2.05, 4.69) is 17.1 Å². The lowest BCUT2D eigenvalue weighted by atomic mass is 9.84. The van der Waals surface area contributed by atoms with E-state index in [0.29, 0.717) is 12.4 Å². The van der Waals surface area contributed by atoms with Gasteiger partial charge in [0.1, 0.15) is 0 Å². The van der Waals surface area contributed by atoms with Crippen molar-refractivity contribution in [1.29, 1.82) is 0 Å². The zero-order chi connectivity index (χ0) is 10.0. The van der Waals surface area contributed by atoms with E-state index in [1.807, 2.05) is 11.8 Å². The van der Waals surface area contributed by atoms with Crippen molar-refractivity contribution >= 4 is 11.8 Å². The van der Waals surface area contributed by atoms with Crippen LogP contribution in [0.1, 0.15) is 31.5 Å². The number of rotatable bonds is 2. The summed E-state index contributed by atoms with van der Waals surface area (Å²) in [5, 5.41) is 7.98. The van der Waals surface area contributed by atoms with Crippen LogP contribution in [0.5, 0.6) is 0 Å². The van der Waals surface area contributed by atoms with Gasteiger partial charge in [0.15, 0.2) is 0 Å². The van der Waals surface area contributed by atoms with Gasteiger partial charge < -0.3 is 10.2 Å². The lowest BCUT2D eigenvalue weighted by molar-refractivity contribution is 0.313. The van der Waals surface area contributed by atoms with Crippen molar-refractivity contribution in [2.45, 2.75) is 31.7 Å². The van der Waals surface area contributed by atoms with Crippen LogP contribution in [0.3, 0.4) is 0 Å². The second-order valence-corrected chi connectivity index (χ2v) is 5.10. The van der Waals surface area contributed by atoms with Crippen LogP contribution in [0.4, 0.5) is 0 Å². The third kappa shape index (κ3) is 1.79. The molecule has 1 aromatic rings. The van der Waals surface area contributed by atoms with Crippen molar-refractivity contribution < 1.29 is 4.42 Å². The highest BCUT2D eigenvalue weighted by Crippen LogP contribution is 2.36. The molecule has 0 unspecified atom stereocenters. The Labute approximate surface area is 87.6 Å². The molecule has 1 aromatic heterocycles. The van der Waals surface area contributed by atoms with Crippen molar-refractivity contribution in [2.24, 2.45) is 5.73 Å². The van der Waals surface area contributed by atoms with E-state index in [1.54, 1.807) is 0 Å². The molecule has 5 heteroatoms. The molecule has 0 amide bonds. The van der Waals surface area contributed by atoms with Crippen molar-refractivity contribution in [2.75, 3.05) is 11.5 Å². The molecule has 0 spiro atoms. The summed E-state index contributed by atoms with van der Waals surface area (Å²) in [6, 6.07) is 0. The predicted octanol–water partition coefficient (Wildman–Crippen LogP) is 1.31. The molecule has 1 saturated heterocycles. The fourth-order valence-electron chi connectivity index (χ4n) is 1.62. The molecule has 0 aromatic carbocycles. The Kier molecular flexibility index (Phi) is 2.78. The number of hydrogen-bond donors (Lipinski definition) is 1. The maximum Gasteiger partial charge on any atom is 0.230 e. The fourth-order valence-corrected chi connectivity index (χ4v) is 3.01. The molecule has 1 aliphatic rings. The van der Waals surface area contributed by atoms with Gasteiger partial charge in [-0.15, -0.1) is 10.2 Å². The minimum absolute atomic E-state index is 0.0751. The van der Waals surface area contributed by atoms with Crippen molar-refractivity contribution in [1.82, 2.24) is 10.2 Å². The maximum absolute atomic E-state index is 5.52. The molecule has 0 atom stereocenters. The van der Waals surface area contributed by atoms with Crippen LogP contribution >= 0.6 is 11.8 Å². The SMILES string of the molecule is CC1(c2nnc(CN)o2)CCSCC1. The zero-order valence-electron chi connectivity index (χ0n) is 8.32. The molecule has 1 fully saturated rings. The molecule has 1 aliphatic heterocycles. The minimum atomic E-state index is 0.0751. The highest BCUT2D eigenvalue weighted by molar-refractivity contribution is 7.99. The second-order valence-electron chi connectivity index (χ2n) is 3.88. The number of nitrogens with zero attached hydrogens (tertiary/aromatic N) is 2. The van der Waals surface area contributed by atoms with Gasteiger partial charge in [-0.05, 0) is 24.3 Å². The summed E-state index contributed by atoms with van der Waals surface area (Å²) >= 11 is 1.99. The van der Waals surface area contributed by atoms with Gasteiger partial charge in [0.2, 0.25) is 11.8 Å². The van der Waals surface area contributed by atoms with E-state index in [1.165, 1.54) is 11.5 Å².